The number of rotatable bonds is 6. The molecule has 2 aromatic rings. The number of carbonyl (C=O) groups excluding carboxylic acids is 1. The second-order valence-corrected chi connectivity index (χ2v) is 8.69. The van der Waals surface area contributed by atoms with Crippen molar-refractivity contribution in [3.8, 4) is 5.75 Å². The number of ether oxygens (including phenoxy) is 2. The quantitative estimate of drug-likeness (QED) is 0.731. The lowest BCUT2D eigenvalue weighted by Gasteiger charge is -2.33. The van der Waals surface area contributed by atoms with Crippen LogP contribution in [-0.4, -0.2) is 35.7 Å². The van der Waals surface area contributed by atoms with Gasteiger partial charge in [-0.1, -0.05) is 24.3 Å². The molecule has 0 radical (unpaired) electrons. The number of carbonyl (C=O) groups is 1. The van der Waals surface area contributed by atoms with Crippen molar-refractivity contribution < 1.29 is 18.7 Å². The Morgan fingerprint density at radius 1 is 1.10 bits per heavy atom. The zero-order chi connectivity index (χ0) is 21.6. The Morgan fingerprint density at radius 2 is 1.80 bits per heavy atom. The summed E-state index contributed by atoms with van der Waals surface area (Å²) in [7, 11) is 0. The molecule has 6 heteroatoms. The van der Waals surface area contributed by atoms with Crippen LogP contribution < -0.4 is 10.1 Å². The Morgan fingerprint density at radius 3 is 2.43 bits per heavy atom. The lowest BCUT2D eigenvalue weighted by Crippen LogP contribution is -2.46. The average molecular weight is 415 g/mol. The highest BCUT2D eigenvalue weighted by atomic mass is 19.1. The van der Waals surface area contributed by atoms with E-state index in [0.717, 1.165) is 30.7 Å². The Bertz CT molecular complexity index is 825. The maximum Gasteiger partial charge on any atom is 0.410 e. The van der Waals surface area contributed by atoms with Gasteiger partial charge in [0.15, 0.2) is 0 Å². The van der Waals surface area contributed by atoms with Gasteiger partial charge in [0, 0.05) is 25.7 Å². The number of nitrogens with one attached hydrogen (secondary N) is 1. The van der Waals surface area contributed by atoms with E-state index in [1.54, 1.807) is 11.0 Å². The normalized spacial score (nSPS) is 15.1. The molecule has 0 saturated carbocycles. The summed E-state index contributed by atoms with van der Waals surface area (Å²) < 4.78 is 24.4. The number of hydrogen-bond acceptors (Lipinski definition) is 4. The third kappa shape index (κ3) is 7.02. The SMILES string of the molecule is CC(C)(C)OC(=O)N1CCC(NCc2ccc(OCc3cccc(F)c3)cc2)CC1. The number of amides is 1. The number of halogens is 1. The minimum absolute atomic E-state index is 0.227. The molecule has 0 bridgehead atoms. The largest absolute Gasteiger partial charge is 0.489 e. The first kappa shape index (κ1) is 22.1. The minimum Gasteiger partial charge on any atom is -0.489 e. The molecule has 3 rings (SSSR count). The van der Waals surface area contributed by atoms with Gasteiger partial charge in [-0.15, -0.1) is 0 Å². The highest BCUT2D eigenvalue weighted by Gasteiger charge is 2.26. The van der Waals surface area contributed by atoms with E-state index in [-0.39, 0.29) is 11.9 Å². The molecular formula is C24H31FN2O3. The van der Waals surface area contributed by atoms with Crippen molar-refractivity contribution in [2.24, 2.45) is 0 Å². The van der Waals surface area contributed by atoms with E-state index in [0.29, 0.717) is 25.7 Å². The van der Waals surface area contributed by atoms with Crippen LogP contribution in [0.25, 0.3) is 0 Å². The summed E-state index contributed by atoms with van der Waals surface area (Å²) in [6, 6.07) is 14.7. The van der Waals surface area contributed by atoms with E-state index in [1.165, 1.54) is 17.7 Å². The lowest BCUT2D eigenvalue weighted by molar-refractivity contribution is 0.0198. The number of likely N-dealkylation sites (tertiary alicyclic amines) is 1. The summed E-state index contributed by atoms with van der Waals surface area (Å²) in [6.07, 6.45) is 1.59. The van der Waals surface area contributed by atoms with Gasteiger partial charge in [0.2, 0.25) is 0 Å². The van der Waals surface area contributed by atoms with Crippen LogP contribution in [0, 0.1) is 5.82 Å². The Kier molecular flexibility index (Phi) is 7.32. The number of hydrogen-bond donors (Lipinski definition) is 1. The molecule has 1 aliphatic rings. The van der Waals surface area contributed by atoms with Crippen LogP contribution >= 0.6 is 0 Å². The van der Waals surface area contributed by atoms with Crippen LogP contribution in [0.3, 0.4) is 0 Å². The number of piperidine rings is 1. The van der Waals surface area contributed by atoms with E-state index in [2.05, 4.69) is 5.32 Å². The van der Waals surface area contributed by atoms with Gasteiger partial charge in [0.1, 0.15) is 23.8 Å². The fraction of sp³-hybridized carbons (Fsp3) is 0.458. The summed E-state index contributed by atoms with van der Waals surface area (Å²) in [4.78, 5) is 13.9. The zero-order valence-electron chi connectivity index (χ0n) is 18.0. The highest BCUT2D eigenvalue weighted by Crippen LogP contribution is 2.17. The van der Waals surface area contributed by atoms with Crippen molar-refractivity contribution in [2.45, 2.75) is 58.4 Å². The maximum atomic E-state index is 13.2. The molecule has 30 heavy (non-hydrogen) atoms. The predicted molar refractivity (Wildman–Crippen MR) is 115 cm³/mol. The third-order valence-electron chi connectivity index (χ3n) is 4.96. The second kappa shape index (κ2) is 9.94. The first-order valence-corrected chi connectivity index (χ1v) is 10.5. The molecule has 1 heterocycles. The molecule has 0 aromatic heterocycles. The van der Waals surface area contributed by atoms with E-state index in [4.69, 9.17) is 9.47 Å². The van der Waals surface area contributed by atoms with Gasteiger partial charge in [-0.25, -0.2) is 9.18 Å². The van der Waals surface area contributed by atoms with Crippen LogP contribution in [0.15, 0.2) is 48.5 Å². The van der Waals surface area contributed by atoms with Gasteiger partial charge in [0.05, 0.1) is 0 Å². The van der Waals surface area contributed by atoms with Crippen LogP contribution in [-0.2, 0) is 17.9 Å². The first-order chi connectivity index (χ1) is 14.3. The molecule has 1 aliphatic heterocycles. The molecule has 1 N–H and O–H groups in total. The molecule has 0 spiro atoms. The van der Waals surface area contributed by atoms with E-state index < -0.39 is 5.60 Å². The van der Waals surface area contributed by atoms with E-state index in [9.17, 15) is 9.18 Å². The van der Waals surface area contributed by atoms with Crippen molar-refractivity contribution in [3.05, 3.63) is 65.5 Å². The molecule has 5 nitrogen and oxygen atoms in total. The van der Waals surface area contributed by atoms with Gasteiger partial charge in [-0.3, -0.25) is 0 Å². The monoisotopic (exact) mass is 414 g/mol. The first-order valence-electron chi connectivity index (χ1n) is 10.5. The Hall–Kier alpha value is -2.60. The standard InChI is InChI=1S/C24H31FN2O3/c1-24(2,3)30-23(28)27-13-11-21(12-14-27)26-16-18-7-9-22(10-8-18)29-17-19-5-4-6-20(25)15-19/h4-10,15,21,26H,11-14,16-17H2,1-3H3. The summed E-state index contributed by atoms with van der Waals surface area (Å²) in [5.74, 6) is 0.503. The zero-order valence-corrected chi connectivity index (χ0v) is 18.0. The van der Waals surface area contributed by atoms with Crippen LogP contribution in [0.1, 0.15) is 44.7 Å². The molecule has 1 saturated heterocycles. The summed E-state index contributed by atoms with van der Waals surface area (Å²) >= 11 is 0. The van der Waals surface area contributed by atoms with Crippen molar-refractivity contribution in [3.63, 3.8) is 0 Å². The second-order valence-electron chi connectivity index (χ2n) is 8.69. The van der Waals surface area contributed by atoms with Gasteiger partial charge in [-0.05, 0) is 69.0 Å². The highest BCUT2D eigenvalue weighted by molar-refractivity contribution is 5.68. The van der Waals surface area contributed by atoms with Gasteiger partial charge >= 0.3 is 6.09 Å². The third-order valence-corrected chi connectivity index (χ3v) is 4.96. The van der Waals surface area contributed by atoms with Gasteiger partial charge < -0.3 is 19.7 Å². The Labute approximate surface area is 178 Å². The summed E-state index contributed by atoms with van der Waals surface area (Å²) in [5.41, 5.74) is 1.51. The van der Waals surface area contributed by atoms with Crippen molar-refractivity contribution in [1.82, 2.24) is 10.2 Å². The molecule has 162 valence electrons. The molecule has 1 fully saturated rings. The average Bonchev–Trinajstić information content (AvgIpc) is 2.71. The smallest absolute Gasteiger partial charge is 0.410 e. The fourth-order valence-electron chi connectivity index (χ4n) is 3.35. The fourth-order valence-corrected chi connectivity index (χ4v) is 3.35. The van der Waals surface area contributed by atoms with E-state index in [1.807, 2.05) is 51.1 Å². The molecule has 2 aromatic carbocycles. The van der Waals surface area contributed by atoms with Crippen LogP contribution in [0.4, 0.5) is 9.18 Å². The molecule has 0 aliphatic carbocycles. The van der Waals surface area contributed by atoms with Gasteiger partial charge in [0.25, 0.3) is 0 Å². The summed E-state index contributed by atoms with van der Waals surface area (Å²) in [5, 5.41) is 3.57. The van der Waals surface area contributed by atoms with Crippen molar-refractivity contribution in [2.75, 3.05) is 13.1 Å². The van der Waals surface area contributed by atoms with Crippen LogP contribution in [0.5, 0.6) is 5.75 Å². The number of nitrogens with zero attached hydrogens (tertiary/aromatic N) is 1. The topological polar surface area (TPSA) is 50.8 Å². The summed E-state index contributed by atoms with van der Waals surface area (Å²) in [6.45, 7) is 8.18. The molecule has 0 atom stereocenters. The molecular weight excluding hydrogens is 383 g/mol. The molecule has 0 unspecified atom stereocenters. The van der Waals surface area contributed by atoms with Crippen molar-refractivity contribution in [1.29, 1.82) is 0 Å². The molecule has 1 amide bonds. The van der Waals surface area contributed by atoms with Gasteiger partial charge in [-0.2, -0.15) is 0 Å². The Balaban J connectivity index is 1.39. The maximum absolute atomic E-state index is 13.2. The van der Waals surface area contributed by atoms with Crippen molar-refractivity contribution >= 4 is 6.09 Å². The van der Waals surface area contributed by atoms with E-state index >= 15 is 0 Å². The number of benzene rings is 2. The lowest BCUT2D eigenvalue weighted by atomic mass is 10.0. The minimum atomic E-state index is -0.459. The van der Waals surface area contributed by atoms with Crippen LogP contribution in [0.2, 0.25) is 0 Å². The predicted octanol–water partition coefficient (Wildman–Crippen LogP) is 4.89.